The van der Waals surface area contributed by atoms with Gasteiger partial charge in [0, 0.05) is 25.0 Å². The van der Waals surface area contributed by atoms with Crippen molar-refractivity contribution in [3.63, 3.8) is 0 Å². The van der Waals surface area contributed by atoms with Gasteiger partial charge in [-0.15, -0.1) is 0 Å². The molecular weight excluding hydrogens is 191 g/mol. The highest BCUT2D eigenvalue weighted by atomic mass is 19.3. The second-order valence-corrected chi connectivity index (χ2v) is 5.52. The van der Waals surface area contributed by atoms with E-state index in [9.17, 15) is 13.2 Å². The largest absolute Gasteiger partial charge is 0.294 e. The molecule has 3 aliphatic rings. The Morgan fingerprint density at radius 1 is 1.29 bits per heavy atom. The molecule has 14 heavy (non-hydrogen) atoms. The van der Waals surface area contributed by atoms with Crippen molar-refractivity contribution in [2.24, 2.45) is 5.41 Å². The van der Waals surface area contributed by atoms with E-state index in [0.717, 1.165) is 0 Å². The summed E-state index contributed by atoms with van der Waals surface area (Å²) in [4.78, 5) is 1.93. The van der Waals surface area contributed by atoms with Crippen molar-refractivity contribution >= 4 is 0 Å². The third-order valence-corrected chi connectivity index (χ3v) is 4.27. The highest BCUT2D eigenvalue weighted by Gasteiger charge is 2.76. The molecule has 2 saturated heterocycles. The Bertz CT molecular complexity index is 293. The van der Waals surface area contributed by atoms with E-state index in [1.54, 1.807) is 0 Å². The maximum Gasteiger partial charge on any atom is 0.255 e. The van der Waals surface area contributed by atoms with Gasteiger partial charge in [0.2, 0.25) is 0 Å². The molecule has 3 rings (SSSR count). The first kappa shape index (κ1) is 9.01. The van der Waals surface area contributed by atoms with E-state index in [0.29, 0.717) is 25.9 Å². The van der Waals surface area contributed by atoms with Crippen molar-refractivity contribution in [1.29, 1.82) is 0 Å². The van der Waals surface area contributed by atoms with Gasteiger partial charge in [-0.1, -0.05) is 0 Å². The quantitative estimate of drug-likeness (QED) is 0.586. The normalized spacial score (nSPS) is 55.3. The van der Waals surface area contributed by atoms with Crippen LogP contribution >= 0.6 is 0 Å². The fourth-order valence-corrected chi connectivity index (χ4v) is 3.46. The predicted molar refractivity (Wildman–Crippen MR) is 46.1 cm³/mol. The summed E-state index contributed by atoms with van der Waals surface area (Å²) in [5.41, 5.74) is -1.08. The molecule has 0 radical (unpaired) electrons. The van der Waals surface area contributed by atoms with Gasteiger partial charge in [-0.2, -0.15) is 0 Å². The van der Waals surface area contributed by atoms with Gasteiger partial charge >= 0.3 is 0 Å². The molecule has 4 heteroatoms. The number of hydrogen-bond acceptors (Lipinski definition) is 1. The van der Waals surface area contributed by atoms with Crippen LogP contribution in [-0.2, 0) is 0 Å². The van der Waals surface area contributed by atoms with E-state index in [-0.39, 0.29) is 12.0 Å². The van der Waals surface area contributed by atoms with Crippen molar-refractivity contribution in [3.8, 4) is 0 Å². The Balaban J connectivity index is 1.85. The third-order valence-electron chi connectivity index (χ3n) is 4.27. The van der Waals surface area contributed by atoms with Gasteiger partial charge in [-0.05, 0) is 19.8 Å². The second-order valence-electron chi connectivity index (χ2n) is 5.52. The summed E-state index contributed by atoms with van der Waals surface area (Å²) in [5.74, 6) is -2.48. The molecule has 0 amide bonds. The van der Waals surface area contributed by atoms with Crippen LogP contribution < -0.4 is 0 Å². The maximum atomic E-state index is 13.1. The molecule has 1 spiro atoms. The first-order chi connectivity index (χ1) is 6.37. The molecule has 0 bridgehead atoms. The van der Waals surface area contributed by atoms with Crippen molar-refractivity contribution < 1.29 is 13.2 Å². The molecule has 1 aliphatic carbocycles. The molecule has 1 nitrogen and oxygen atoms in total. The highest BCUT2D eigenvalue weighted by molar-refractivity contribution is 5.21. The smallest absolute Gasteiger partial charge is 0.255 e. The average molecular weight is 205 g/mol. The number of fused-ring (bicyclic) bond motifs is 1. The molecule has 0 aromatic rings. The SMILES string of the molecule is CC12CC(F)CN1CC1(C2)CC1(F)F. The minimum absolute atomic E-state index is 0.0169. The molecule has 0 aromatic carbocycles. The predicted octanol–water partition coefficient (Wildman–Crippen LogP) is 2.22. The number of hydrogen-bond donors (Lipinski definition) is 0. The van der Waals surface area contributed by atoms with Crippen molar-refractivity contribution in [1.82, 2.24) is 4.90 Å². The first-order valence-corrected chi connectivity index (χ1v) is 5.14. The lowest BCUT2D eigenvalue weighted by atomic mass is 9.90. The van der Waals surface area contributed by atoms with E-state index < -0.39 is 17.5 Å². The van der Waals surface area contributed by atoms with Crippen LogP contribution in [0.3, 0.4) is 0 Å². The topological polar surface area (TPSA) is 3.24 Å². The van der Waals surface area contributed by atoms with Crippen LogP contribution in [0.2, 0.25) is 0 Å². The van der Waals surface area contributed by atoms with E-state index >= 15 is 0 Å². The van der Waals surface area contributed by atoms with Crippen LogP contribution in [0.25, 0.3) is 0 Å². The number of alkyl halides is 3. The van der Waals surface area contributed by atoms with Gasteiger partial charge in [0.25, 0.3) is 5.92 Å². The Kier molecular flexibility index (Phi) is 1.37. The van der Waals surface area contributed by atoms with E-state index in [1.165, 1.54) is 0 Å². The summed E-state index contributed by atoms with van der Waals surface area (Å²) in [6, 6.07) is 0. The summed E-state index contributed by atoms with van der Waals surface area (Å²) >= 11 is 0. The zero-order valence-corrected chi connectivity index (χ0v) is 8.19. The highest BCUT2D eigenvalue weighted by Crippen LogP contribution is 2.69. The minimum atomic E-state index is -2.48. The zero-order valence-electron chi connectivity index (χ0n) is 8.19. The fourth-order valence-electron chi connectivity index (χ4n) is 3.46. The van der Waals surface area contributed by atoms with E-state index in [2.05, 4.69) is 0 Å². The standard InChI is InChI=1S/C10H14F3N/c1-8-2-7(11)3-14(8)6-9(4-8)5-10(9,12)13/h7H,2-6H2,1H3. The van der Waals surface area contributed by atoms with Gasteiger partial charge in [-0.25, -0.2) is 13.2 Å². The van der Waals surface area contributed by atoms with Crippen molar-refractivity contribution in [2.45, 2.75) is 43.8 Å². The van der Waals surface area contributed by atoms with Crippen LogP contribution in [0.5, 0.6) is 0 Å². The number of halogens is 3. The summed E-state index contributed by atoms with van der Waals surface area (Å²) in [5, 5.41) is 0. The molecule has 80 valence electrons. The molecular formula is C10H14F3N. The number of nitrogens with zero attached hydrogens (tertiary/aromatic N) is 1. The van der Waals surface area contributed by atoms with E-state index in [4.69, 9.17) is 0 Å². The summed E-state index contributed by atoms with van der Waals surface area (Å²) in [6.07, 6.45) is 0.117. The molecule has 2 heterocycles. The molecule has 3 atom stereocenters. The Morgan fingerprint density at radius 3 is 2.43 bits per heavy atom. The van der Waals surface area contributed by atoms with Crippen LogP contribution in [0.4, 0.5) is 13.2 Å². The molecule has 0 N–H and O–H groups in total. The van der Waals surface area contributed by atoms with Gasteiger partial charge < -0.3 is 0 Å². The summed E-state index contributed by atoms with van der Waals surface area (Å²) in [6.45, 7) is 2.68. The fraction of sp³-hybridized carbons (Fsp3) is 1.00. The summed E-state index contributed by atoms with van der Waals surface area (Å²) in [7, 11) is 0. The van der Waals surface area contributed by atoms with Gasteiger partial charge in [0.1, 0.15) is 6.17 Å². The Morgan fingerprint density at radius 2 is 1.93 bits per heavy atom. The van der Waals surface area contributed by atoms with Gasteiger partial charge in [-0.3, -0.25) is 4.90 Å². The lowest BCUT2D eigenvalue weighted by molar-refractivity contribution is 0.0645. The lowest BCUT2D eigenvalue weighted by Crippen LogP contribution is -2.34. The first-order valence-electron chi connectivity index (χ1n) is 5.14. The van der Waals surface area contributed by atoms with Crippen LogP contribution in [0, 0.1) is 5.41 Å². The number of rotatable bonds is 0. The van der Waals surface area contributed by atoms with Crippen LogP contribution in [0.1, 0.15) is 26.2 Å². The molecule has 0 aromatic heterocycles. The van der Waals surface area contributed by atoms with Gasteiger partial charge in [0.05, 0.1) is 5.41 Å². The molecule has 2 aliphatic heterocycles. The average Bonchev–Trinajstić information content (AvgIpc) is 2.28. The van der Waals surface area contributed by atoms with E-state index in [1.807, 2.05) is 11.8 Å². The molecule has 3 fully saturated rings. The van der Waals surface area contributed by atoms with Crippen molar-refractivity contribution in [2.75, 3.05) is 13.1 Å². The lowest BCUT2D eigenvalue weighted by Gasteiger charge is -2.25. The van der Waals surface area contributed by atoms with Crippen molar-refractivity contribution in [3.05, 3.63) is 0 Å². The Hall–Kier alpha value is -0.250. The zero-order chi connectivity index (χ0) is 10.2. The third kappa shape index (κ3) is 0.904. The van der Waals surface area contributed by atoms with Crippen LogP contribution in [0.15, 0.2) is 0 Å². The second kappa shape index (κ2) is 2.13. The van der Waals surface area contributed by atoms with Crippen LogP contribution in [-0.4, -0.2) is 35.6 Å². The summed E-state index contributed by atoms with van der Waals surface area (Å²) < 4.78 is 39.4. The van der Waals surface area contributed by atoms with Gasteiger partial charge in [0.15, 0.2) is 0 Å². The maximum absolute atomic E-state index is 13.1. The molecule has 3 unspecified atom stereocenters. The monoisotopic (exact) mass is 205 g/mol. The Labute approximate surface area is 81.3 Å². The minimum Gasteiger partial charge on any atom is -0.294 e. The molecule has 1 saturated carbocycles.